The number of carbonyl (C=O) groups is 1. The van der Waals surface area contributed by atoms with Crippen molar-refractivity contribution in [1.29, 1.82) is 0 Å². The van der Waals surface area contributed by atoms with E-state index in [1.54, 1.807) is 0 Å². The van der Waals surface area contributed by atoms with Crippen LogP contribution in [0.4, 0.5) is 0 Å². The number of unbranched alkanes of at least 4 members (excludes halogenated alkanes) is 1. The molecule has 0 bridgehead atoms. The quantitative estimate of drug-likeness (QED) is 0.775. The van der Waals surface area contributed by atoms with E-state index in [-0.39, 0.29) is 5.92 Å². The van der Waals surface area contributed by atoms with E-state index in [0.29, 0.717) is 11.8 Å². The molecule has 1 heterocycles. The van der Waals surface area contributed by atoms with E-state index in [9.17, 15) is 4.79 Å². The minimum atomic E-state index is 0.254. The third-order valence-electron chi connectivity index (χ3n) is 4.01. The molecule has 100 valence electrons. The molecule has 0 spiro atoms. The van der Waals surface area contributed by atoms with Gasteiger partial charge in [0.05, 0.1) is 0 Å². The molecular formula is C14H28N2O. The van der Waals surface area contributed by atoms with E-state index in [0.717, 1.165) is 45.3 Å². The highest BCUT2D eigenvalue weighted by molar-refractivity contribution is 5.78. The van der Waals surface area contributed by atoms with Gasteiger partial charge in [-0.25, -0.2) is 0 Å². The maximum absolute atomic E-state index is 12.3. The van der Waals surface area contributed by atoms with Crippen molar-refractivity contribution >= 4 is 5.91 Å². The molecule has 3 heteroatoms. The van der Waals surface area contributed by atoms with Crippen molar-refractivity contribution in [2.75, 3.05) is 19.6 Å². The highest BCUT2D eigenvalue weighted by Crippen LogP contribution is 2.21. The van der Waals surface area contributed by atoms with Crippen LogP contribution in [0.2, 0.25) is 0 Å². The Hall–Kier alpha value is -0.570. The van der Waals surface area contributed by atoms with E-state index < -0.39 is 0 Å². The third kappa shape index (κ3) is 4.30. The van der Waals surface area contributed by atoms with Crippen LogP contribution in [-0.4, -0.2) is 30.4 Å². The molecule has 0 aromatic heterocycles. The van der Waals surface area contributed by atoms with Gasteiger partial charge in [-0.3, -0.25) is 4.79 Å². The fourth-order valence-electron chi connectivity index (χ4n) is 2.60. The molecule has 2 N–H and O–H groups in total. The number of amides is 1. The van der Waals surface area contributed by atoms with Gasteiger partial charge in [-0.15, -0.1) is 0 Å². The number of hydrogen-bond donors (Lipinski definition) is 1. The van der Waals surface area contributed by atoms with Crippen LogP contribution in [-0.2, 0) is 4.79 Å². The van der Waals surface area contributed by atoms with Gasteiger partial charge >= 0.3 is 0 Å². The Morgan fingerprint density at radius 3 is 2.47 bits per heavy atom. The van der Waals surface area contributed by atoms with Crippen molar-refractivity contribution in [3.05, 3.63) is 0 Å². The summed E-state index contributed by atoms with van der Waals surface area (Å²) >= 11 is 0. The summed E-state index contributed by atoms with van der Waals surface area (Å²) in [5.74, 6) is 1.27. The number of nitrogens with two attached hydrogens (primary N) is 1. The first-order chi connectivity index (χ1) is 8.22. The SMILES string of the molecule is CCCC[C@H](CC)C(=O)N1CCC(CN)CC1. The average molecular weight is 240 g/mol. The number of rotatable bonds is 6. The summed E-state index contributed by atoms with van der Waals surface area (Å²) in [6, 6.07) is 0. The number of hydrogen-bond acceptors (Lipinski definition) is 2. The van der Waals surface area contributed by atoms with E-state index >= 15 is 0 Å². The topological polar surface area (TPSA) is 46.3 Å². The first kappa shape index (κ1) is 14.5. The van der Waals surface area contributed by atoms with Crippen molar-refractivity contribution < 1.29 is 4.79 Å². The van der Waals surface area contributed by atoms with Gasteiger partial charge in [0.25, 0.3) is 0 Å². The Labute approximate surface area is 106 Å². The van der Waals surface area contributed by atoms with E-state index in [1.165, 1.54) is 12.8 Å². The second-order valence-electron chi connectivity index (χ2n) is 5.25. The van der Waals surface area contributed by atoms with Crippen molar-refractivity contribution in [1.82, 2.24) is 4.90 Å². The first-order valence-electron chi connectivity index (χ1n) is 7.21. The summed E-state index contributed by atoms with van der Waals surface area (Å²) in [5, 5.41) is 0. The molecule has 1 rings (SSSR count). The maximum atomic E-state index is 12.3. The van der Waals surface area contributed by atoms with Crippen LogP contribution in [0.3, 0.4) is 0 Å². The Balaban J connectivity index is 2.40. The van der Waals surface area contributed by atoms with Gasteiger partial charge < -0.3 is 10.6 Å². The molecule has 1 aliphatic heterocycles. The molecule has 3 nitrogen and oxygen atoms in total. The molecule has 0 aromatic rings. The van der Waals surface area contributed by atoms with E-state index in [1.807, 2.05) is 0 Å². The molecule has 17 heavy (non-hydrogen) atoms. The van der Waals surface area contributed by atoms with Crippen LogP contribution in [0.1, 0.15) is 52.4 Å². The molecule has 0 unspecified atom stereocenters. The van der Waals surface area contributed by atoms with Crippen molar-refractivity contribution in [2.24, 2.45) is 17.6 Å². The van der Waals surface area contributed by atoms with Gasteiger partial charge in [-0.05, 0) is 38.1 Å². The Morgan fingerprint density at radius 2 is 2.00 bits per heavy atom. The molecule has 0 aliphatic carbocycles. The number of carbonyl (C=O) groups excluding carboxylic acids is 1. The summed E-state index contributed by atoms with van der Waals surface area (Å²) in [6.07, 6.45) is 6.57. The lowest BCUT2D eigenvalue weighted by Gasteiger charge is -2.33. The summed E-state index contributed by atoms with van der Waals surface area (Å²) < 4.78 is 0. The minimum Gasteiger partial charge on any atom is -0.342 e. The van der Waals surface area contributed by atoms with Gasteiger partial charge in [0, 0.05) is 19.0 Å². The van der Waals surface area contributed by atoms with Crippen molar-refractivity contribution in [3.63, 3.8) is 0 Å². The lowest BCUT2D eigenvalue weighted by Crippen LogP contribution is -2.42. The number of piperidine rings is 1. The van der Waals surface area contributed by atoms with Gasteiger partial charge in [0.1, 0.15) is 0 Å². The van der Waals surface area contributed by atoms with Crippen LogP contribution >= 0.6 is 0 Å². The van der Waals surface area contributed by atoms with E-state index in [4.69, 9.17) is 5.73 Å². The number of nitrogens with zero attached hydrogens (tertiary/aromatic N) is 1. The lowest BCUT2D eigenvalue weighted by atomic mass is 9.93. The zero-order chi connectivity index (χ0) is 12.7. The molecular weight excluding hydrogens is 212 g/mol. The standard InChI is InChI=1S/C14H28N2O/c1-3-5-6-13(4-2)14(17)16-9-7-12(11-15)8-10-16/h12-13H,3-11,15H2,1-2H3/t13-/m0/s1. The highest BCUT2D eigenvalue weighted by atomic mass is 16.2. The molecule has 0 aromatic carbocycles. The predicted molar refractivity (Wildman–Crippen MR) is 71.7 cm³/mol. The smallest absolute Gasteiger partial charge is 0.225 e. The second-order valence-corrected chi connectivity index (χ2v) is 5.25. The predicted octanol–water partition coefficient (Wildman–Crippen LogP) is 2.40. The van der Waals surface area contributed by atoms with E-state index in [2.05, 4.69) is 18.7 Å². The summed E-state index contributed by atoms with van der Waals surface area (Å²) in [5.41, 5.74) is 5.67. The molecule has 1 fully saturated rings. The van der Waals surface area contributed by atoms with Gasteiger partial charge in [0.15, 0.2) is 0 Å². The van der Waals surface area contributed by atoms with Crippen LogP contribution in [0.15, 0.2) is 0 Å². The summed E-state index contributed by atoms with van der Waals surface area (Å²) in [4.78, 5) is 14.4. The first-order valence-corrected chi connectivity index (χ1v) is 7.21. The minimum absolute atomic E-state index is 0.254. The zero-order valence-electron chi connectivity index (χ0n) is 11.5. The third-order valence-corrected chi connectivity index (χ3v) is 4.01. The Kier molecular flexibility index (Phi) is 6.56. The molecule has 1 atom stereocenters. The fourth-order valence-corrected chi connectivity index (χ4v) is 2.60. The van der Waals surface area contributed by atoms with Crippen LogP contribution in [0.25, 0.3) is 0 Å². The van der Waals surface area contributed by atoms with Crippen LogP contribution in [0.5, 0.6) is 0 Å². The largest absolute Gasteiger partial charge is 0.342 e. The Bertz CT molecular complexity index is 222. The molecule has 1 saturated heterocycles. The fraction of sp³-hybridized carbons (Fsp3) is 0.929. The maximum Gasteiger partial charge on any atom is 0.225 e. The Morgan fingerprint density at radius 1 is 1.35 bits per heavy atom. The average Bonchev–Trinajstić information content (AvgIpc) is 2.39. The summed E-state index contributed by atoms with van der Waals surface area (Å²) in [6.45, 7) is 6.93. The second kappa shape index (κ2) is 7.70. The normalized spacial score (nSPS) is 19.4. The summed E-state index contributed by atoms with van der Waals surface area (Å²) in [7, 11) is 0. The molecule has 0 radical (unpaired) electrons. The van der Waals surface area contributed by atoms with Crippen LogP contribution in [0, 0.1) is 11.8 Å². The van der Waals surface area contributed by atoms with Gasteiger partial charge in [0.2, 0.25) is 5.91 Å². The molecule has 1 amide bonds. The molecule has 0 saturated carbocycles. The van der Waals surface area contributed by atoms with Crippen molar-refractivity contribution in [3.8, 4) is 0 Å². The monoisotopic (exact) mass is 240 g/mol. The van der Waals surface area contributed by atoms with Gasteiger partial charge in [-0.1, -0.05) is 26.7 Å². The highest BCUT2D eigenvalue weighted by Gasteiger charge is 2.26. The lowest BCUT2D eigenvalue weighted by molar-refractivity contribution is -0.137. The van der Waals surface area contributed by atoms with Crippen molar-refractivity contribution in [2.45, 2.75) is 52.4 Å². The zero-order valence-corrected chi connectivity index (χ0v) is 11.5. The molecule has 1 aliphatic rings. The van der Waals surface area contributed by atoms with Crippen LogP contribution < -0.4 is 5.73 Å². The van der Waals surface area contributed by atoms with Gasteiger partial charge in [-0.2, -0.15) is 0 Å². The number of likely N-dealkylation sites (tertiary alicyclic amines) is 1.